The third-order valence-electron chi connectivity index (χ3n) is 5.82. The van der Waals surface area contributed by atoms with Gasteiger partial charge in [0.2, 0.25) is 0 Å². The van der Waals surface area contributed by atoms with E-state index in [0.717, 1.165) is 23.1 Å². The fourth-order valence-electron chi connectivity index (χ4n) is 3.92. The number of carbonyl (C=O) groups excluding carboxylic acids is 1. The number of hydrogen-bond acceptors (Lipinski definition) is 4. The Morgan fingerprint density at radius 3 is 2.23 bits per heavy atom. The Bertz CT molecular complexity index is 1040. The zero-order chi connectivity index (χ0) is 22.2. The standard InChI is InChI=1S/C22H26FN3O4S/c1-30-20-11-3-16(4-12-20)13-14-24-21(15-25(22(24)27)26(23)31(2,28)29)19-9-7-18(8-10-19)17-5-6-17/h3-4,7-12,17,21H,5-6,13-15H2,1-2H3. The van der Waals surface area contributed by atoms with E-state index in [-0.39, 0.29) is 6.54 Å². The molecular weight excluding hydrogens is 421 g/mol. The summed E-state index contributed by atoms with van der Waals surface area (Å²) in [5.74, 6) is 1.34. The van der Waals surface area contributed by atoms with Crippen molar-refractivity contribution in [3.8, 4) is 5.75 Å². The first-order chi connectivity index (χ1) is 14.8. The van der Waals surface area contributed by atoms with Gasteiger partial charge in [-0.2, -0.15) is 0 Å². The van der Waals surface area contributed by atoms with Crippen molar-refractivity contribution < 1.29 is 22.4 Å². The van der Waals surface area contributed by atoms with Crippen LogP contribution in [0.5, 0.6) is 5.75 Å². The third kappa shape index (κ3) is 4.67. The number of ether oxygens (including phenoxy) is 1. The molecule has 0 spiro atoms. The number of sulfonamides is 1. The second kappa shape index (κ2) is 8.47. The quantitative estimate of drug-likeness (QED) is 0.579. The van der Waals surface area contributed by atoms with E-state index in [2.05, 4.69) is 0 Å². The van der Waals surface area contributed by atoms with Crippen LogP contribution in [-0.4, -0.2) is 55.4 Å². The Hall–Kier alpha value is -2.65. The number of amides is 2. The second-order valence-corrected chi connectivity index (χ2v) is 9.84. The molecule has 1 aliphatic carbocycles. The summed E-state index contributed by atoms with van der Waals surface area (Å²) in [5.41, 5.74) is 3.12. The molecule has 0 radical (unpaired) electrons. The van der Waals surface area contributed by atoms with Gasteiger partial charge >= 0.3 is 6.03 Å². The SMILES string of the molecule is COc1ccc(CCN2C(=O)N(N(F)S(C)(=O)=O)CC2c2ccc(C3CC3)cc2)cc1. The Morgan fingerprint density at radius 1 is 1.06 bits per heavy atom. The van der Waals surface area contributed by atoms with Crippen molar-refractivity contribution in [1.29, 1.82) is 0 Å². The molecule has 1 unspecified atom stereocenters. The molecule has 1 saturated carbocycles. The molecular formula is C22H26FN3O4S. The first kappa shape index (κ1) is 21.6. The van der Waals surface area contributed by atoms with Gasteiger partial charge < -0.3 is 9.64 Å². The van der Waals surface area contributed by atoms with Gasteiger partial charge in [-0.3, -0.25) is 0 Å². The largest absolute Gasteiger partial charge is 0.497 e. The first-order valence-corrected chi connectivity index (χ1v) is 12.1. The minimum atomic E-state index is -4.20. The minimum absolute atomic E-state index is 0.0756. The van der Waals surface area contributed by atoms with Gasteiger partial charge in [-0.05, 0) is 54.0 Å². The second-order valence-electron chi connectivity index (χ2n) is 8.07. The maximum Gasteiger partial charge on any atom is 0.338 e. The molecule has 4 rings (SSSR count). The Morgan fingerprint density at radius 2 is 1.68 bits per heavy atom. The van der Waals surface area contributed by atoms with E-state index in [4.69, 9.17) is 4.74 Å². The van der Waals surface area contributed by atoms with Crippen molar-refractivity contribution in [2.45, 2.75) is 31.2 Å². The van der Waals surface area contributed by atoms with Crippen LogP contribution in [0.1, 0.15) is 41.5 Å². The summed E-state index contributed by atoms with van der Waals surface area (Å²) >= 11 is 0. The van der Waals surface area contributed by atoms with Crippen LogP contribution >= 0.6 is 0 Å². The average molecular weight is 448 g/mol. The number of nitrogens with zero attached hydrogens (tertiary/aromatic N) is 3. The molecule has 1 atom stereocenters. The lowest BCUT2D eigenvalue weighted by atomic mass is 10.0. The van der Waals surface area contributed by atoms with E-state index in [9.17, 15) is 17.7 Å². The molecule has 1 saturated heterocycles. The minimum Gasteiger partial charge on any atom is -0.497 e. The van der Waals surface area contributed by atoms with Crippen molar-refractivity contribution in [3.63, 3.8) is 0 Å². The van der Waals surface area contributed by atoms with E-state index < -0.39 is 26.7 Å². The number of hydrogen-bond donors (Lipinski definition) is 0. The maximum atomic E-state index is 14.5. The highest BCUT2D eigenvalue weighted by atomic mass is 32.2. The zero-order valence-corrected chi connectivity index (χ0v) is 18.4. The molecule has 2 aromatic carbocycles. The highest BCUT2D eigenvalue weighted by Crippen LogP contribution is 2.41. The maximum absolute atomic E-state index is 14.5. The summed E-state index contributed by atoms with van der Waals surface area (Å²) in [5, 5.41) is 0.656. The number of hydrazine groups is 1. The van der Waals surface area contributed by atoms with Crippen LogP contribution in [-0.2, 0) is 16.4 Å². The number of methoxy groups -OCH3 is 1. The monoisotopic (exact) mass is 447 g/mol. The van der Waals surface area contributed by atoms with Gasteiger partial charge in [0.25, 0.3) is 10.0 Å². The van der Waals surface area contributed by atoms with Gasteiger partial charge in [0, 0.05) is 6.54 Å². The fraction of sp³-hybridized carbons (Fsp3) is 0.409. The molecule has 0 N–H and O–H groups in total. The van der Waals surface area contributed by atoms with E-state index in [0.29, 0.717) is 23.9 Å². The van der Waals surface area contributed by atoms with Gasteiger partial charge in [0.1, 0.15) is 5.75 Å². The van der Waals surface area contributed by atoms with Crippen molar-refractivity contribution >= 4 is 16.1 Å². The molecule has 2 aromatic rings. The van der Waals surface area contributed by atoms with Crippen LogP contribution in [0, 0.1) is 0 Å². The van der Waals surface area contributed by atoms with Crippen LogP contribution in [0.2, 0.25) is 0 Å². The molecule has 0 bridgehead atoms. The molecule has 2 aliphatic rings. The lowest BCUT2D eigenvalue weighted by Gasteiger charge is -2.24. The molecule has 0 aromatic heterocycles. The Labute approximate surface area is 182 Å². The fourth-order valence-corrected chi connectivity index (χ4v) is 4.41. The van der Waals surface area contributed by atoms with Gasteiger partial charge in [0.15, 0.2) is 0 Å². The molecule has 166 valence electrons. The van der Waals surface area contributed by atoms with E-state index >= 15 is 0 Å². The summed E-state index contributed by atoms with van der Waals surface area (Å²) in [6.07, 6.45) is 3.66. The van der Waals surface area contributed by atoms with Gasteiger partial charge in [-0.1, -0.05) is 40.9 Å². The normalized spacial score (nSPS) is 19.4. The summed E-state index contributed by atoms with van der Waals surface area (Å²) < 4.78 is 42.6. The number of benzene rings is 2. The topological polar surface area (TPSA) is 70.2 Å². The van der Waals surface area contributed by atoms with Crippen molar-refractivity contribution in [2.75, 3.05) is 26.5 Å². The van der Waals surface area contributed by atoms with E-state index in [1.807, 2.05) is 48.5 Å². The van der Waals surface area contributed by atoms with Crippen LogP contribution in [0.15, 0.2) is 48.5 Å². The predicted octanol–water partition coefficient (Wildman–Crippen LogP) is 3.66. The van der Waals surface area contributed by atoms with Gasteiger partial charge in [-0.15, -0.1) is 0 Å². The number of carbonyl (C=O) groups is 1. The number of urea groups is 1. The molecule has 9 heteroatoms. The van der Waals surface area contributed by atoms with E-state index in [1.54, 1.807) is 7.11 Å². The summed E-state index contributed by atoms with van der Waals surface area (Å²) in [7, 11) is -2.61. The van der Waals surface area contributed by atoms with Crippen LogP contribution in [0.3, 0.4) is 0 Å². The summed E-state index contributed by atoms with van der Waals surface area (Å²) in [6, 6.07) is 14.4. The van der Waals surface area contributed by atoms with E-state index in [1.165, 1.54) is 23.3 Å². The third-order valence-corrected chi connectivity index (χ3v) is 6.57. The Balaban J connectivity index is 1.56. The molecule has 31 heavy (non-hydrogen) atoms. The number of rotatable bonds is 8. The highest BCUT2D eigenvalue weighted by molar-refractivity contribution is 7.88. The molecule has 1 aliphatic heterocycles. The van der Waals surface area contributed by atoms with Gasteiger partial charge in [0.05, 0.1) is 30.6 Å². The predicted molar refractivity (Wildman–Crippen MR) is 114 cm³/mol. The van der Waals surface area contributed by atoms with Crippen molar-refractivity contribution in [3.05, 3.63) is 65.2 Å². The average Bonchev–Trinajstić information content (AvgIpc) is 3.56. The highest BCUT2D eigenvalue weighted by Gasteiger charge is 2.44. The van der Waals surface area contributed by atoms with Crippen molar-refractivity contribution in [2.24, 2.45) is 0 Å². The molecule has 1 heterocycles. The smallest absolute Gasteiger partial charge is 0.338 e. The Kier molecular flexibility index (Phi) is 5.90. The zero-order valence-electron chi connectivity index (χ0n) is 17.6. The lowest BCUT2D eigenvalue weighted by Crippen LogP contribution is -2.43. The summed E-state index contributed by atoms with van der Waals surface area (Å²) in [4.78, 5) is 14.5. The van der Waals surface area contributed by atoms with Crippen LogP contribution < -0.4 is 4.74 Å². The molecule has 2 fully saturated rings. The van der Waals surface area contributed by atoms with Crippen LogP contribution in [0.4, 0.5) is 9.28 Å². The lowest BCUT2D eigenvalue weighted by molar-refractivity contribution is -0.0407. The first-order valence-electron chi connectivity index (χ1n) is 10.2. The number of halogens is 1. The molecule has 7 nitrogen and oxygen atoms in total. The summed E-state index contributed by atoms with van der Waals surface area (Å²) in [6.45, 7) is 0.252. The van der Waals surface area contributed by atoms with Crippen LogP contribution in [0.25, 0.3) is 0 Å². The molecule has 2 amide bonds. The van der Waals surface area contributed by atoms with Crippen molar-refractivity contribution in [1.82, 2.24) is 14.5 Å². The van der Waals surface area contributed by atoms with Gasteiger partial charge in [-0.25, -0.2) is 18.2 Å².